The molecule has 0 atom stereocenters. The van der Waals surface area contributed by atoms with E-state index in [2.05, 4.69) is 16.2 Å². The summed E-state index contributed by atoms with van der Waals surface area (Å²) in [6.45, 7) is 0. The first-order chi connectivity index (χ1) is 9.81. The van der Waals surface area contributed by atoms with Gasteiger partial charge in [0.05, 0.1) is 11.0 Å². The molecule has 0 amide bonds. The summed E-state index contributed by atoms with van der Waals surface area (Å²) in [7, 11) is 0. The first-order valence-electron chi connectivity index (χ1n) is 6.40. The van der Waals surface area contributed by atoms with E-state index in [0.717, 1.165) is 27.8 Å². The highest BCUT2D eigenvalue weighted by Gasteiger charge is 2.06. The van der Waals surface area contributed by atoms with Crippen LogP contribution in [0.15, 0.2) is 60.9 Å². The van der Waals surface area contributed by atoms with Crippen molar-refractivity contribution < 1.29 is 0 Å². The summed E-state index contributed by atoms with van der Waals surface area (Å²) in [6.07, 6.45) is 3.90. The zero-order valence-electron chi connectivity index (χ0n) is 10.7. The Balaban J connectivity index is 1.97. The number of hydrogen-bond donors (Lipinski definition) is 1. The second-order valence-corrected chi connectivity index (χ2v) is 4.74. The number of rotatable bonds is 1. The van der Waals surface area contributed by atoms with Crippen LogP contribution in [0.1, 0.15) is 0 Å². The van der Waals surface area contributed by atoms with E-state index in [1.165, 1.54) is 0 Å². The van der Waals surface area contributed by atoms with Crippen LogP contribution < -0.4 is 5.73 Å². The molecule has 2 aromatic carbocycles. The summed E-state index contributed by atoms with van der Waals surface area (Å²) >= 11 is 0. The van der Waals surface area contributed by atoms with Crippen LogP contribution >= 0.6 is 0 Å². The lowest BCUT2D eigenvalue weighted by atomic mass is 10.1. The molecule has 4 rings (SSSR count). The molecule has 4 nitrogen and oxygen atoms in total. The smallest absolute Gasteiger partial charge is 0.234 e. The van der Waals surface area contributed by atoms with Gasteiger partial charge in [0.15, 0.2) is 0 Å². The van der Waals surface area contributed by atoms with Gasteiger partial charge in [0, 0.05) is 23.6 Å². The maximum absolute atomic E-state index is 5.72. The van der Waals surface area contributed by atoms with Crippen molar-refractivity contribution in [3.05, 3.63) is 60.9 Å². The number of hydrogen-bond acceptors (Lipinski definition) is 3. The molecule has 0 radical (unpaired) electrons. The van der Waals surface area contributed by atoms with Gasteiger partial charge < -0.3 is 5.73 Å². The van der Waals surface area contributed by atoms with E-state index in [1.54, 1.807) is 0 Å². The Hall–Kier alpha value is -2.88. The quantitative estimate of drug-likeness (QED) is 0.535. The van der Waals surface area contributed by atoms with E-state index in [1.807, 2.05) is 59.1 Å². The van der Waals surface area contributed by atoms with Crippen molar-refractivity contribution in [3.8, 4) is 11.1 Å². The summed E-state index contributed by atoms with van der Waals surface area (Å²) in [5.74, 6) is 0.713. The highest BCUT2D eigenvalue weighted by Crippen LogP contribution is 2.22. The average Bonchev–Trinajstić information content (AvgIpc) is 2.86. The first kappa shape index (κ1) is 11.0. The minimum absolute atomic E-state index is 0.713. The topological polar surface area (TPSA) is 56.2 Å². The third kappa shape index (κ3) is 1.62. The van der Waals surface area contributed by atoms with Crippen molar-refractivity contribution >= 4 is 22.5 Å². The van der Waals surface area contributed by atoms with E-state index in [4.69, 9.17) is 5.73 Å². The number of aromatic nitrogens is 3. The van der Waals surface area contributed by atoms with Gasteiger partial charge in [-0.15, -0.1) is 0 Å². The lowest BCUT2D eigenvalue weighted by Gasteiger charge is -2.03. The van der Waals surface area contributed by atoms with Crippen LogP contribution in [0.5, 0.6) is 0 Å². The number of nitrogens with zero attached hydrogens (tertiary/aromatic N) is 3. The van der Waals surface area contributed by atoms with Crippen LogP contribution in [0.2, 0.25) is 0 Å². The number of benzene rings is 2. The molecule has 0 saturated carbocycles. The largest absolute Gasteiger partial charge is 0.399 e. The van der Waals surface area contributed by atoms with E-state index in [-0.39, 0.29) is 0 Å². The van der Waals surface area contributed by atoms with Crippen molar-refractivity contribution in [2.75, 3.05) is 5.73 Å². The summed E-state index contributed by atoms with van der Waals surface area (Å²) < 4.78 is 2.01. The number of fused-ring (bicyclic) bond motifs is 3. The van der Waals surface area contributed by atoms with Crippen LogP contribution in [-0.4, -0.2) is 14.4 Å². The number of nitrogens with two attached hydrogens (primary N) is 1. The SMILES string of the molecule is Nc1ccc(-c2cnc3nc4ccccc4n3c2)cc1. The lowest BCUT2D eigenvalue weighted by Crippen LogP contribution is -1.91. The number of anilines is 1. The molecule has 2 aromatic heterocycles. The molecule has 96 valence electrons. The first-order valence-corrected chi connectivity index (χ1v) is 6.40. The molecule has 0 fully saturated rings. The van der Waals surface area contributed by atoms with E-state index >= 15 is 0 Å². The summed E-state index contributed by atoms with van der Waals surface area (Å²) in [6, 6.07) is 15.8. The molecule has 20 heavy (non-hydrogen) atoms. The highest BCUT2D eigenvalue weighted by molar-refractivity contribution is 5.80. The molecule has 0 saturated heterocycles. The zero-order chi connectivity index (χ0) is 13.5. The molecule has 0 aliphatic carbocycles. The second-order valence-electron chi connectivity index (χ2n) is 4.74. The minimum atomic E-state index is 0.713. The van der Waals surface area contributed by atoms with Crippen LogP contribution in [0.4, 0.5) is 5.69 Å². The Morgan fingerprint density at radius 1 is 0.900 bits per heavy atom. The lowest BCUT2D eigenvalue weighted by molar-refractivity contribution is 1.14. The molecule has 0 spiro atoms. The second kappa shape index (κ2) is 4.06. The van der Waals surface area contributed by atoms with Crippen LogP contribution in [0.3, 0.4) is 0 Å². The van der Waals surface area contributed by atoms with Gasteiger partial charge in [-0.2, -0.15) is 0 Å². The normalized spacial score (nSPS) is 11.2. The van der Waals surface area contributed by atoms with Crippen molar-refractivity contribution in [3.63, 3.8) is 0 Å². The van der Waals surface area contributed by atoms with E-state index < -0.39 is 0 Å². The predicted octanol–water partition coefficient (Wildman–Crippen LogP) is 3.13. The van der Waals surface area contributed by atoms with Gasteiger partial charge in [-0.05, 0) is 29.8 Å². The summed E-state index contributed by atoms with van der Waals surface area (Å²) in [5.41, 5.74) is 10.6. The van der Waals surface area contributed by atoms with Crippen molar-refractivity contribution in [1.29, 1.82) is 0 Å². The van der Waals surface area contributed by atoms with Gasteiger partial charge in [-0.25, -0.2) is 9.97 Å². The van der Waals surface area contributed by atoms with Crippen molar-refractivity contribution in [1.82, 2.24) is 14.4 Å². The molecule has 0 bridgehead atoms. The Morgan fingerprint density at radius 3 is 2.55 bits per heavy atom. The molecule has 4 aromatic rings. The van der Waals surface area contributed by atoms with Gasteiger partial charge >= 0.3 is 0 Å². The van der Waals surface area contributed by atoms with Gasteiger partial charge in [-0.3, -0.25) is 4.40 Å². The summed E-state index contributed by atoms with van der Waals surface area (Å²) in [4.78, 5) is 8.93. The summed E-state index contributed by atoms with van der Waals surface area (Å²) in [5, 5.41) is 0. The molecule has 0 aliphatic heterocycles. The Morgan fingerprint density at radius 2 is 1.70 bits per heavy atom. The molecule has 0 unspecified atom stereocenters. The van der Waals surface area contributed by atoms with Crippen LogP contribution in [-0.2, 0) is 0 Å². The van der Waals surface area contributed by atoms with Gasteiger partial charge in [0.25, 0.3) is 0 Å². The zero-order valence-corrected chi connectivity index (χ0v) is 10.7. The van der Waals surface area contributed by atoms with E-state index in [9.17, 15) is 0 Å². The standard InChI is InChI=1S/C16H12N4/c17-13-7-5-11(6-8-13)12-9-18-16-19-14-3-1-2-4-15(14)20(16)10-12/h1-10H,17H2. The fraction of sp³-hybridized carbons (Fsp3) is 0. The molecular weight excluding hydrogens is 248 g/mol. The third-order valence-corrected chi connectivity index (χ3v) is 3.41. The van der Waals surface area contributed by atoms with Gasteiger partial charge in [0.2, 0.25) is 5.78 Å². The highest BCUT2D eigenvalue weighted by atomic mass is 15.1. The fourth-order valence-electron chi connectivity index (χ4n) is 2.37. The minimum Gasteiger partial charge on any atom is -0.399 e. The molecule has 2 N–H and O–H groups in total. The van der Waals surface area contributed by atoms with Crippen LogP contribution in [0, 0.1) is 0 Å². The average molecular weight is 260 g/mol. The van der Waals surface area contributed by atoms with Crippen LogP contribution in [0.25, 0.3) is 27.9 Å². The maximum Gasteiger partial charge on any atom is 0.234 e. The monoisotopic (exact) mass is 260 g/mol. The number of nitrogen functional groups attached to an aromatic ring is 1. The number of imidazole rings is 1. The maximum atomic E-state index is 5.72. The molecule has 0 aliphatic rings. The Kier molecular flexibility index (Phi) is 2.23. The van der Waals surface area contributed by atoms with E-state index in [0.29, 0.717) is 5.78 Å². The Labute approximate surface area is 115 Å². The van der Waals surface area contributed by atoms with Crippen molar-refractivity contribution in [2.45, 2.75) is 0 Å². The Bertz CT molecular complexity index is 907. The fourth-order valence-corrected chi connectivity index (χ4v) is 2.37. The molecule has 2 heterocycles. The predicted molar refractivity (Wildman–Crippen MR) is 80.3 cm³/mol. The van der Waals surface area contributed by atoms with Crippen molar-refractivity contribution in [2.24, 2.45) is 0 Å². The molecular formula is C16H12N4. The number of para-hydroxylation sites is 2. The van der Waals surface area contributed by atoms with Gasteiger partial charge in [-0.1, -0.05) is 24.3 Å². The molecule has 4 heteroatoms. The third-order valence-electron chi connectivity index (χ3n) is 3.41. The van der Waals surface area contributed by atoms with Gasteiger partial charge in [0.1, 0.15) is 0 Å².